The molecular weight excluding hydrogens is 335 g/mol. The Labute approximate surface area is 140 Å². The second kappa shape index (κ2) is 6.43. The maximum Gasteiger partial charge on any atom is 0.274 e. The summed E-state index contributed by atoms with van der Waals surface area (Å²) < 4.78 is 14.5. The minimum atomic E-state index is -0.701. The van der Waals surface area contributed by atoms with Crippen molar-refractivity contribution in [2.24, 2.45) is 0 Å². The fourth-order valence-corrected chi connectivity index (χ4v) is 2.67. The van der Waals surface area contributed by atoms with E-state index in [-0.39, 0.29) is 22.7 Å². The van der Waals surface area contributed by atoms with E-state index in [1.165, 1.54) is 40.4 Å². The lowest BCUT2D eigenvalue weighted by molar-refractivity contribution is 0.0706. The van der Waals surface area contributed by atoms with Crippen LogP contribution >= 0.6 is 11.6 Å². The Balaban J connectivity index is 2.07. The van der Waals surface area contributed by atoms with E-state index in [4.69, 9.17) is 16.8 Å². The molecule has 0 saturated heterocycles. The van der Waals surface area contributed by atoms with Gasteiger partial charge < -0.3 is 4.57 Å². The number of nitrogens with zero attached hydrogens (tertiary/aromatic N) is 1. The maximum atomic E-state index is 13.1. The van der Waals surface area contributed by atoms with Gasteiger partial charge in [0.1, 0.15) is 5.82 Å². The third kappa shape index (κ3) is 3.02. The molecule has 0 radical (unpaired) electrons. The van der Waals surface area contributed by atoms with Crippen LogP contribution in [0.2, 0.25) is 5.02 Å². The first-order valence-electron chi connectivity index (χ1n) is 7.01. The summed E-state index contributed by atoms with van der Waals surface area (Å²) >= 11 is 6.00. The van der Waals surface area contributed by atoms with Crippen molar-refractivity contribution in [3.8, 4) is 0 Å². The zero-order valence-corrected chi connectivity index (χ0v) is 13.0. The minimum Gasteiger partial charge on any atom is -0.311 e. The van der Waals surface area contributed by atoms with Crippen molar-refractivity contribution in [3.63, 3.8) is 0 Å². The summed E-state index contributed by atoms with van der Waals surface area (Å²) in [6.45, 7) is 0.171. The number of fused-ring (bicyclic) bond motifs is 1. The minimum absolute atomic E-state index is 0.166. The summed E-state index contributed by atoms with van der Waals surface area (Å²) in [6, 6.07) is 10.2. The monoisotopic (exact) mass is 346 g/mol. The Kier molecular flexibility index (Phi) is 4.33. The normalized spacial score (nSPS) is 10.8. The SMILES string of the molecule is O=C(NO)c1ccc2ccn(Cc3ccc(F)cc3Cl)c(=O)c2c1. The van der Waals surface area contributed by atoms with Crippen molar-refractivity contribution < 1.29 is 14.4 Å². The lowest BCUT2D eigenvalue weighted by Crippen LogP contribution is -2.22. The molecule has 5 nitrogen and oxygen atoms in total. The summed E-state index contributed by atoms with van der Waals surface area (Å²) in [7, 11) is 0. The molecule has 1 amide bonds. The van der Waals surface area contributed by atoms with Gasteiger partial charge >= 0.3 is 0 Å². The Morgan fingerprint density at radius 2 is 2.00 bits per heavy atom. The molecular formula is C17H12ClFN2O3. The first kappa shape index (κ1) is 16.2. The number of aromatic nitrogens is 1. The quantitative estimate of drug-likeness (QED) is 0.566. The van der Waals surface area contributed by atoms with Gasteiger partial charge in [0, 0.05) is 22.2 Å². The highest BCUT2D eigenvalue weighted by Gasteiger charge is 2.10. The van der Waals surface area contributed by atoms with Crippen molar-refractivity contribution in [1.29, 1.82) is 0 Å². The number of hydrogen-bond acceptors (Lipinski definition) is 3. The van der Waals surface area contributed by atoms with Gasteiger partial charge in [0.15, 0.2) is 0 Å². The summed E-state index contributed by atoms with van der Waals surface area (Å²) in [5.74, 6) is -1.15. The van der Waals surface area contributed by atoms with Crippen LogP contribution in [0.15, 0.2) is 53.5 Å². The summed E-state index contributed by atoms with van der Waals surface area (Å²) in [4.78, 5) is 24.1. The third-order valence-corrected chi connectivity index (χ3v) is 4.05. The van der Waals surface area contributed by atoms with Gasteiger partial charge in [-0.05, 0) is 41.3 Å². The molecule has 122 valence electrons. The van der Waals surface area contributed by atoms with Gasteiger partial charge in [-0.15, -0.1) is 0 Å². The number of halogens is 2. The Bertz CT molecular complexity index is 1000. The molecule has 2 N–H and O–H groups in total. The second-order valence-corrected chi connectivity index (χ2v) is 5.63. The molecule has 3 aromatic rings. The average Bonchev–Trinajstić information content (AvgIpc) is 2.58. The Morgan fingerprint density at radius 1 is 1.21 bits per heavy atom. The molecule has 7 heteroatoms. The first-order valence-corrected chi connectivity index (χ1v) is 7.39. The third-order valence-electron chi connectivity index (χ3n) is 3.70. The number of hydrogen-bond donors (Lipinski definition) is 2. The van der Waals surface area contributed by atoms with E-state index in [0.717, 1.165) is 0 Å². The average molecular weight is 347 g/mol. The van der Waals surface area contributed by atoms with Gasteiger partial charge in [-0.2, -0.15) is 0 Å². The Hall–Kier alpha value is -2.70. The van der Waals surface area contributed by atoms with Crippen LogP contribution in [0.1, 0.15) is 15.9 Å². The van der Waals surface area contributed by atoms with Crippen molar-refractivity contribution in [3.05, 3.63) is 81.0 Å². The van der Waals surface area contributed by atoms with Crippen LogP contribution in [0.5, 0.6) is 0 Å². The lowest BCUT2D eigenvalue weighted by Gasteiger charge is -2.10. The molecule has 0 unspecified atom stereocenters. The molecule has 1 heterocycles. The molecule has 0 aliphatic rings. The van der Waals surface area contributed by atoms with Gasteiger partial charge in [-0.25, -0.2) is 9.87 Å². The fraction of sp³-hybridized carbons (Fsp3) is 0.0588. The van der Waals surface area contributed by atoms with E-state index in [1.54, 1.807) is 18.3 Å². The van der Waals surface area contributed by atoms with Crippen molar-refractivity contribution in [2.45, 2.75) is 6.54 Å². The molecule has 0 aliphatic carbocycles. The van der Waals surface area contributed by atoms with E-state index >= 15 is 0 Å². The zero-order chi connectivity index (χ0) is 17.3. The van der Waals surface area contributed by atoms with Crippen LogP contribution in [-0.4, -0.2) is 15.7 Å². The molecule has 24 heavy (non-hydrogen) atoms. The molecule has 0 spiro atoms. The second-order valence-electron chi connectivity index (χ2n) is 5.23. The molecule has 0 atom stereocenters. The molecule has 3 rings (SSSR count). The summed E-state index contributed by atoms with van der Waals surface area (Å²) in [6.07, 6.45) is 1.61. The van der Waals surface area contributed by atoms with Crippen LogP contribution in [0.25, 0.3) is 10.8 Å². The number of amides is 1. The number of pyridine rings is 1. The maximum absolute atomic E-state index is 13.1. The van der Waals surface area contributed by atoms with Gasteiger partial charge in [-0.1, -0.05) is 23.7 Å². The standard InChI is InChI=1S/C17H12ClFN2O3/c18-15-8-13(19)4-3-12(15)9-21-6-5-10-1-2-11(16(22)20-24)7-14(10)17(21)23/h1-8,24H,9H2,(H,20,22). The van der Waals surface area contributed by atoms with E-state index in [1.807, 2.05) is 0 Å². The van der Waals surface area contributed by atoms with Gasteiger partial charge in [0.25, 0.3) is 11.5 Å². The summed E-state index contributed by atoms with van der Waals surface area (Å²) in [5, 5.41) is 9.93. The molecule has 0 bridgehead atoms. The highest BCUT2D eigenvalue weighted by molar-refractivity contribution is 6.31. The van der Waals surface area contributed by atoms with E-state index in [9.17, 15) is 14.0 Å². The van der Waals surface area contributed by atoms with Gasteiger partial charge in [0.05, 0.1) is 6.54 Å². The Morgan fingerprint density at radius 3 is 2.71 bits per heavy atom. The highest BCUT2D eigenvalue weighted by atomic mass is 35.5. The zero-order valence-electron chi connectivity index (χ0n) is 12.3. The molecule has 0 fully saturated rings. The van der Waals surface area contributed by atoms with E-state index < -0.39 is 11.7 Å². The van der Waals surface area contributed by atoms with Crippen LogP contribution < -0.4 is 11.0 Å². The van der Waals surface area contributed by atoms with Crippen LogP contribution in [0, 0.1) is 5.82 Å². The highest BCUT2D eigenvalue weighted by Crippen LogP contribution is 2.19. The first-order chi connectivity index (χ1) is 11.5. The molecule has 1 aromatic heterocycles. The number of rotatable bonds is 3. The fourth-order valence-electron chi connectivity index (χ4n) is 2.44. The lowest BCUT2D eigenvalue weighted by atomic mass is 10.1. The summed E-state index contributed by atoms with van der Waals surface area (Å²) in [5.41, 5.74) is 1.98. The van der Waals surface area contributed by atoms with Crippen LogP contribution in [-0.2, 0) is 6.54 Å². The van der Waals surface area contributed by atoms with Gasteiger partial charge in [-0.3, -0.25) is 14.8 Å². The number of nitrogens with one attached hydrogen (secondary N) is 1. The van der Waals surface area contributed by atoms with Crippen LogP contribution in [0.3, 0.4) is 0 Å². The van der Waals surface area contributed by atoms with Crippen molar-refractivity contribution in [1.82, 2.24) is 10.0 Å². The van der Waals surface area contributed by atoms with E-state index in [2.05, 4.69) is 0 Å². The molecule has 0 saturated carbocycles. The van der Waals surface area contributed by atoms with Crippen molar-refractivity contribution >= 4 is 28.3 Å². The molecule has 0 aliphatic heterocycles. The topological polar surface area (TPSA) is 71.3 Å². The molecule has 2 aromatic carbocycles. The van der Waals surface area contributed by atoms with Crippen LogP contribution in [0.4, 0.5) is 4.39 Å². The smallest absolute Gasteiger partial charge is 0.274 e. The predicted octanol–water partition coefficient (Wildman–Crippen LogP) is 2.96. The number of carbonyl (C=O) groups is 1. The van der Waals surface area contributed by atoms with Gasteiger partial charge in [0.2, 0.25) is 0 Å². The predicted molar refractivity (Wildman–Crippen MR) is 88.0 cm³/mol. The largest absolute Gasteiger partial charge is 0.311 e. The number of hydroxylamine groups is 1. The number of benzene rings is 2. The number of carbonyl (C=O) groups excluding carboxylic acids is 1. The van der Waals surface area contributed by atoms with E-state index in [0.29, 0.717) is 16.3 Å². The van der Waals surface area contributed by atoms with Crippen molar-refractivity contribution in [2.75, 3.05) is 0 Å².